The number of hydrogen-bond acceptors (Lipinski definition) is 2. The van der Waals surface area contributed by atoms with E-state index < -0.39 is 29.0 Å². The van der Waals surface area contributed by atoms with E-state index in [9.17, 15) is 18.0 Å². The third kappa shape index (κ3) is 4.98. The first-order valence-electron chi connectivity index (χ1n) is 7.84. The Labute approximate surface area is 149 Å². The molecule has 0 aliphatic carbocycles. The van der Waals surface area contributed by atoms with Crippen molar-refractivity contribution < 1.29 is 18.0 Å². The van der Waals surface area contributed by atoms with Crippen molar-refractivity contribution in [2.45, 2.75) is 13.5 Å². The molecule has 26 heavy (non-hydrogen) atoms. The Bertz CT molecular complexity index is 824. The number of aryl methyl sites for hydroxylation is 1. The summed E-state index contributed by atoms with van der Waals surface area (Å²) in [7, 11) is 1.54. The minimum Gasteiger partial charge on any atom is -0.352 e. The minimum absolute atomic E-state index is 0.230. The number of benzene rings is 2. The van der Waals surface area contributed by atoms with Gasteiger partial charge in [-0.05, 0) is 30.2 Å². The number of anilines is 1. The monoisotopic (exact) mass is 364 g/mol. The Morgan fingerprint density at radius 1 is 1.04 bits per heavy atom. The van der Waals surface area contributed by atoms with Crippen molar-refractivity contribution in [3.8, 4) is 0 Å². The van der Waals surface area contributed by atoms with E-state index in [1.165, 1.54) is 0 Å². The number of guanidine groups is 1. The summed E-state index contributed by atoms with van der Waals surface area (Å²) in [4.78, 5) is 15.9. The molecule has 8 heteroatoms. The topological polar surface area (TPSA) is 65.5 Å². The van der Waals surface area contributed by atoms with Gasteiger partial charge in [0, 0.05) is 13.6 Å². The van der Waals surface area contributed by atoms with Gasteiger partial charge in [0.25, 0.3) is 0 Å². The van der Waals surface area contributed by atoms with E-state index in [4.69, 9.17) is 0 Å². The average Bonchev–Trinajstić information content (AvgIpc) is 2.63. The molecule has 0 saturated carbocycles. The predicted molar refractivity (Wildman–Crippen MR) is 94.3 cm³/mol. The molecule has 2 aromatic rings. The SMILES string of the molecule is CN=C(NCC(=O)Nc1ccc(F)c(F)c1F)NCc1ccccc1C. The number of carbonyl (C=O) groups excluding carboxylic acids is 1. The van der Waals surface area contributed by atoms with Crippen molar-refractivity contribution in [1.82, 2.24) is 10.6 Å². The summed E-state index contributed by atoms with van der Waals surface area (Å²) < 4.78 is 39.6. The number of halogens is 3. The standard InChI is InChI=1S/C18H19F3N4O/c1-11-5-3-4-6-12(11)9-23-18(22-2)24-10-15(26)25-14-8-7-13(19)16(20)17(14)21/h3-8H,9-10H2,1-2H3,(H,25,26)(H2,22,23,24). The second kappa shape index (κ2) is 8.89. The van der Waals surface area contributed by atoms with Crippen LogP contribution in [0.4, 0.5) is 18.9 Å². The number of carbonyl (C=O) groups is 1. The number of nitrogens with one attached hydrogen (secondary N) is 3. The van der Waals surface area contributed by atoms with Gasteiger partial charge in [0.05, 0.1) is 12.2 Å². The maximum atomic E-state index is 13.5. The van der Waals surface area contributed by atoms with Crippen LogP contribution in [0.2, 0.25) is 0 Å². The molecule has 2 aromatic carbocycles. The molecule has 0 aromatic heterocycles. The number of aliphatic imine (C=N–C) groups is 1. The molecule has 0 saturated heterocycles. The molecule has 0 fully saturated rings. The van der Waals surface area contributed by atoms with Gasteiger partial charge >= 0.3 is 0 Å². The van der Waals surface area contributed by atoms with Gasteiger partial charge in [0.1, 0.15) is 0 Å². The first-order valence-corrected chi connectivity index (χ1v) is 7.84. The van der Waals surface area contributed by atoms with Crippen LogP contribution in [0, 0.1) is 24.4 Å². The fourth-order valence-electron chi connectivity index (χ4n) is 2.19. The summed E-state index contributed by atoms with van der Waals surface area (Å²) in [6.45, 7) is 2.26. The Morgan fingerprint density at radius 3 is 2.46 bits per heavy atom. The lowest BCUT2D eigenvalue weighted by Crippen LogP contribution is -2.41. The van der Waals surface area contributed by atoms with Crippen LogP contribution in [-0.2, 0) is 11.3 Å². The van der Waals surface area contributed by atoms with E-state index in [1.54, 1.807) is 7.05 Å². The van der Waals surface area contributed by atoms with Crippen molar-refractivity contribution in [2.75, 3.05) is 18.9 Å². The van der Waals surface area contributed by atoms with Crippen molar-refractivity contribution in [3.63, 3.8) is 0 Å². The van der Waals surface area contributed by atoms with E-state index >= 15 is 0 Å². The van der Waals surface area contributed by atoms with Gasteiger partial charge in [-0.15, -0.1) is 0 Å². The lowest BCUT2D eigenvalue weighted by atomic mass is 10.1. The highest BCUT2D eigenvalue weighted by Crippen LogP contribution is 2.19. The van der Waals surface area contributed by atoms with Crippen molar-refractivity contribution >= 4 is 17.6 Å². The van der Waals surface area contributed by atoms with Gasteiger partial charge in [-0.3, -0.25) is 9.79 Å². The van der Waals surface area contributed by atoms with Crippen LogP contribution in [0.25, 0.3) is 0 Å². The van der Waals surface area contributed by atoms with Crippen molar-refractivity contribution in [1.29, 1.82) is 0 Å². The van der Waals surface area contributed by atoms with Crippen LogP contribution in [0.1, 0.15) is 11.1 Å². The first kappa shape index (κ1) is 19.3. The quantitative estimate of drug-likeness (QED) is 0.434. The minimum atomic E-state index is -1.63. The van der Waals surface area contributed by atoms with Crippen LogP contribution in [0.15, 0.2) is 41.4 Å². The smallest absolute Gasteiger partial charge is 0.243 e. The van der Waals surface area contributed by atoms with E-state index in [0.29, 0.717) is 12.5 Å². The molecule has 0 radical (unpaired) electrons. The zero-order chi connectivity index (χ0) is 19.1. The third-order valence-corrected chi connectivity index (χ3v) is 3.66. The number of nitrogens with zero attached hydrogens (tertiary/aromatic N) is 1. The van der Waals surface area contributed by atoms with Gasteiger partial charge in [0.15, 0.2) is 23.4 Å². The summed E-state index contributed by atoms with van der Waals surface area (Å²) in [5, 5.41) is 7.98. The normalized spacial score (nSPS) is 11.2. The van der Waals surface area contributed by atoms with Gasteiger partial charge in [0.2, 0.25) is 5.91 Å². The molecule has 0 aliphatic heterocycles. The van der Waals surface area contributed by atoms with Gasteiger partial charge < -0.3 is 16.0 Å². The molecule has 2 rings (SSSR count). The maximum absolute atomic E-state index is 13.5. The zero-order valence-electron chi connectivity index (χ0n) is 14.4. The van der Waals surface area contributed by atoms with Crippen molar-refractivity contribution in [2.24, 2.45) is 4.99 Å². The highest BCUT2D eigenvalue weighted by atomic mass is 19.2. The highest BCUT2D eigenvalue weighted by molar-refractivity contribution is 5.95. The predicted octanol–water partition coefficient (Wildman–Crippen LogP) is 2.72. The third-order valence-electron chi connectivity index (χ3n) is 3.66. The van der Waals surface area contributed by atoms with E-state index in [-0.39, 0.29) is 6.54 Å². The van der Waals surface area contributed by atoms with Crippen LogP contribution >= 0.6 is 0 Å². The van der Waals surface area contributed by atoms with Gasteiger partial charge in [-0.2, -0.15) is 0 Å². The Morgan fingerprint density at radius 2 is 1.77 bits per heavy atom. The zero-order valence-corrected chi connectivity index (χ0v) is 14.4. The van der Waals surface area contributed by atoms with Crippen LogP contribution in [0.3, 0.4) is 0 Å². The lowest BCUT2D eigenvalue weighted by Gasteiger charge is -2.13. The maximum Gasteiger partial charge on any atom is 0.243 e. The first-order chi connectivity index (χ1) is 12.4. The molecule has 0 bridgehead atoms. The summed E-state index contributed by atoms with van der Waals surface area (Å²) in [5.74, 6) is -4.66. The summed E-state index contributed by atoms with van der Waals surface area (Å²) in [6, 6.07) is 9.50. The Hall–Kier alpha value is -3.03. The van der Waals surface area contributed by atoms with Crippen LogP contribution in [-0.4, -0.2) is 25.5 Å². The fourth-order valence-corrected chi connectivity index (χ4v) is 2.19. The molecule has 3 N–H and O–H groups in total. The summed E-state index contributed by atoms with van der Waals surface area (Å²) in [6.07, 6.45) is 0. The summed E-state index contributed by atoms with van der Waals surface area (Å²) >= 11 is 0. The molecule has 0 atom stereocenters. The molecular weight excluding hydrogens is 345 g/mol. The van der Waals surface area contributed by atoms with Gasteiger partial charge in [-0.1, -0.05) is 24.3 Å². The highest BCUT2D eigenvalue weighted by Gasteiger charge is 2.15. The Kier molecular flexibility index (Phi) is 6.60. The van der Waals surface area contributed by atoms with Gasteiger partial charge in [-0.25, -0.2) is 13.2 Å². The molecule has 0 unspecified atom stereocenters. The fraction of sp³-hybridized carbons (Fsp3) is 0.222. The van der Waals surface area contributed by atoms with E-state index in [2.05, 4.69) is 20.9 Å². The lowest BCUT2D eigenvalue weighted by molar-refractivity contribution is -0.115. The number of rotatable bonds is 5. The molecule has 0 heterocycles. The summed E-state index contributed by atoms with van der Waals surface area (Å²) in [5.41, 5.74) is 1.75. The molecule has 5 nitrogen and oxygen atoms in total. The van der Waals surface area contributed by atoms with E-state index in [0.717, 1.165) is 23.3 Å². The van der Waals surface area contributed by atoms with Crippen molar-refractivity contribution in [3.05, 3.63) is 65.0 Å². The largest absolute Gasteiger partial charge is 0.352 e. The second-order valence-electron chi connectivity index (χ2n) is 5.48. The molecule has 0 spiro atoms. The number of amides is 1. The molecule has 138 valence electrons. The molecular formula is C18H19F3N4O. The Balaban J connectivity index is 1.87. The van der Waals surface area contributed by atoms with Crippen LogP contribution < -0.4 is 16.0 Å². The molecule has 0 aliphatic rings. The van der Waals surface area contributed by atoms with E-state index in [1.807, 2.05) is 31.2 Å². The average molecular weight is 364 g/mol. The molecule has 1 amide bonds. The second-order valence-corrected chi connectivity index (χ2v) is 5.48. The van der Waals surface area contributed by atoms with Crippen LogP contribution in [0.5, 0.6) is 0 Å². The number of hydrogen-bond donors (Lipinski definition) is 3.